The summed E-state index contributed by atoms with van der Waals surface area (Å²) in [6.45, 7) is 0. The molecule has 23 heavy (non-hydrogen) atoms. The summed E-state index contributed by atoms with van der Waals surface area (Å²) in [5.41, 5.74) is 2.10. The molecule has 1 heterocycles. The van der Waals surface area contributed by atoms with Crippen LogP contribution in [0.25, 0.3) is 0 Å². The smallest absolute Gasteiger partial charge is 0.125 e. The predicted octanol–water partition coefficient (Wildman–Crippen LogP) is 6.24. The highest BCUT2D eigenvalue weighted by Gasteiger charge is 2.43. The third-order valence-corrected chi connectivity index (χ3v) is 5.52. The van der Waals surface area contributed by atoms with Crippen LogP contribution >= 0.6 is 23.2 Å². The van der Waals surface area contributed by atoms with Gasteiger partial charge in [0.05, 0.1) is 16.8 Å². The number of benzene rings is 2. The lowest BCUT2D eigenvalue weighted by Crippen LogP contribution is -2.40. The molecule has 0 amide bonds. The minimum Gasteiger partial charge on any atom is -0.487 e. The average molecular weight is 348 g/mol. The lowest BCUT2D eigenvalue weighted by Gasteiger charge is -2.40. The topological polar surface area (TPSA) is 21.3 Å². The summed E-state index contributed by atoms with van der Waals surface area (Å²) in [6.07, 6.45) is 5.73. The summed E-state index contributed by atoms with van der Waals surface area (Å²) >= 11 is 12.4. The highest BCUT2D eigenvalue weighted by Crippen LogP contribution is 2.48. The van der Waals surface area contributed by atoms with E-state index < -0.39 is 0 Å². The Bertz CT molecular complexity index is 725. The first-order valence-electron chi connectivity index (χ1n) is 8.15. The summed E-state index contributed by atoms with van der Waals surface area (Å²) < 4.78 is 6.40. The molecule has 0 saturated heterocycles. The Balaban J connectivity index is 1.68. The van der Waals surface area contributed by atoms with E-state index in [9.17, 15) is 0 Å². The average Bonchev–Trinajstić information content (AvgIpc) is 2.97. The van der Waals surface area contributed by atoms with Crippen LogP contribution in [-0.2, 0) is 0 Å². The van der Waals surface area contributed by atoms with Crippen LogP contribution in [0.4, 0.5) is 5.69 Å². The fraction of sp³-hybridized carbons (Fsp3) is 0.368. The van der Waals surface area contributed by atoms with Crippen molar-refractivity contribution in [2.75, 3.05) is 5.32 Å². The number of halogens is 2. The van der Waals surface area contributed by atoms with E-state index in [-0.39, 0.29) is 11.6 Å². The number of rotatable bonds is 2. The first-order valence-corrected chi connectivity index (χ1v) is 8.90. The van der Waals surface area contributed by atoms with Crippen molar-refractivity contribution in [1.82, 2.24) is 0 Å². The van der Waals surface area contributed by atoms with Crippen LogP contribution in [-0.4, -0.2) is 5.60 Å². The van der Waals surface area contributed by atoms with Crippen LogP contribution in [0.5, 0.6) is 5.75 Å². The third kappa shape index (κ3) is 2.90. The number of hydrogen-bond donors (Lipinski definition) is 1. The van der Waals surface area contributed by atoms with E-state index in [1.54, 1.807) is 6.07 Å². The summed E-state index contributed by atoms with van der Waals surface area (Å²) in [5, 5.41) is 4.92. The van der Waals surface area contributed by atoms with Crippen LogP contribution in [0.15, 0.2) is 42.5 Å². The molecule has 0 bridgehead atoms. The zero-order valence-electron chi connectivity index (χ0n) is 12.8. The van der Waals surface area contributed by atoms with Crippen molar-refractivity contribution in [1.29, 1.82) is 0 Å². The normalized spacial score (nSPS) is 21.7. The molecular weight excluding hydrogens is 329 g/mol. The van der Waals surface area contributed by atoms with Crippen LogP contribution in [0.1, 0.15) is 43.7 Å². The fourth-order valence-corrected chi connectivity index (χ4v) is 4.33. The van der Waals surface area contributed by atoms with Crippen molar-refractivity contribution in [2.24, 2.45) is 0 Å². The van der Waals surface area contributed by atoms with Gasteiger partial charge in [0, 0.05) is 17.0 Å². The lowest BCUT2D eigenvalue weighted by molar-refractivity contribution is 0.0453. The van der Waals surface area contributed by atoms with Gasteiger partial charge in [-0.1, -0.05) is 41.4 Å². The number of nitrogens with one attached hydrogen (secondary N) is 1. The van der Waals surface area contributed by atoms with E-state index in [2.05, 4.69) is 23.5 Å². The Kier molecular flexibility index (Phi) is 3.90. The van der Waals surface area contributed by atoms with Gasteiger partial charge in [-0.05, 0) is 49.9 Å². The molecule has 2 aromatic carbocycles. The monoisotopic (exact) mass is 347 g/mol. The number of anilines is 1. The Morgan fingerprint density at radius 3 is 2.61 bits per heavy atom. The molecule has 1 spiro atoms. The molecule has 1 unspecified atom stereocenters. The molecule has 1 atom stereocenters. The molecule has 1 saturated carbocycles. The SMILES string of the molecule is Clc1ccc(NC2CC3(CCCC3)Oc3ccccc32)c(Cl)c1. The van der Waals surface area contributed by atoms with Crippen molar-refractivity contribution in [3.63, 3.8) is 0 Å². The largest absolute Gasteiger partial charge is 0.487 e. The third-order valence-electron chi connectivity index (χ3n) is 4.97. The second-order valence-corrected chi connectivity index (χ2v) is 7.40. The second-order valence-electron chi connectivity index (χ2n) is 6.56. The fourth-order valence-electron chi connectivity index (χ4n) is 3.87. The number of hydrogen-bond acceptors (Lipinski definition) is 2. The molecule has 2 aliphatic rings. The molecule has 4 heteroatoms. The zero-order chi connectivity index (χ0) is 15.9. The van der Waals surface area contributed by atoms with Crippen molar-refractivity contribution >= 4 is 28.9 Å². The summed E-state index contributed by atoms with van der Waals surface area (Å²) in [5.74, 6) is 1.00. The van der Waals surface area contributed by atoms with Gasteiger partial charge in [-0.15, -0.1) is 0 Å². The molecule has 2 nitrogen and oxygen atoms in total. The molecule has 0 aromatic heterocycles. The molecule has 4 rings (SSSR count). The van der Waals surface area contributed by atoms with Gasteiger partial charge in [0.15, 0.2) is 0 Å². The summed E-state index contributed by atoms with van der Waals surface area (Å²) in [4.78, 5) is 0. The van der Waals surface area contributed by atoms with Crippen LogP contribution in [0.3, 0.4) is 0 Å². The quantitative estimate of drug-likeness (QED) is 0.693. The maximum atomic E-state index is 6.40. The van der Waals surface area contributed by atoms with Gasteiger partial charge in [0.25, 0.3) is 0 Å². The Hall–Kier alpha value is -1.38. The van der Waals surface area contributed by atoms with Crippen molar-refractivity contribution in [2.45, 2.75) is 43.7 Å². The minimum atomic E-state index is -0.0229. The molecular formula is C19H19Cl2NO. The lowest BCUT2D eigenvalue weighted by atomic mass is 9.86. The van der Waals surface area contributed by atoms with Gasteiger partial charge in [-0.25, -0.2) is 0 Å². The van der Waals surface area contributed by atoms with Gasteiger partial charge in [0.2, 0.25) is 0 Å². The number of para-hydroxylation sites is 1. The van der Waals surface area contributed by atoms with E-state index >= 15 is 0 Å². The van der Waals surface area contributed by atoms with Crippen LogP contribution < -0.4 is 10.1 Å². The number of fused-ring (bicyclic) bond motifs is 1. The molecule has 120 valence electrons. The van der Waals surface area contributed by atoms with E-state index in [1.165, 1.54) is 18.4 Å². The zero-order valence-corrected chi connectivity index (χ0v) is 14.3. The Labute approximate surface area is 146 Å². The van der Waals surface area contributed by atoms with E-state index in [1.807, 2.05) is 18.2 Å². The molecule has 1 aliphatic heterocycles. The second kappa shape index (κ2) is 5.92. The van der Waals surface area contributed by atoms with E-state index in [0.717, 1.165) is 30.7 Å². The van der Waals surface area contributed by atoms with E-state index in [4.69, 9.17) is 27.9 Å². The minimum absolute atomic E-state index is 0.0229. The summed E-state index contributed by atoms with van der Waals surface area (Å²) in [6, 6.07) is 14.1. The highest BCUT2D eigenvalue weighted by atomic mass is 35.5. The van der Waals surface area contributed by atoms with Gasteiger partial charge in [-0.2, -0.15) is 0 Å². The van der Waals surface area contributed by atoms with Crippen LogP contribution in [0, 0.1) is 0 Å². The maximum Gasteiger partial charge on any atom is 0.125 e. The first kappa shape index (κ1) is 15.2. The Morgan fingerprint density at radius 1 is 1.04 bits per heavy atom. The van der Waals surface area contributed by atoms with Gasteiger partial charge < -0.3 is 10.1 Å². The number of ether oxygens (including phenoxy) is 1. The van der Waals surface area contributed by atoms with Crippen molar-refractivity contribution in [3.8, 4) is 5.75 Å². The molecule has 0 radical (unpaired) electrons. The molecule has 1 aliphatic carbocycles. The molecule has 1 N–H and O–H groups in total. The Morgan fingerprint density at radius 2 is 1.83 bits per heavy atom. The van der Waals surface area contributed by atoms with E-state index in [0.29, 0.717) is 10.0 Å². The first-order chi connectivity index (χ1) is 11.2. The summed E-state index contributed by atoms with van der Waals surface area (Å²) in [7, 11) is 0. The predicted molar refractivity (Wildman–Crippen MR) is 95.7 cm³/mol. The van der Waals surface area contributed by atoms with Crippen molar-refractivity contribution in [3.05, 3.63) is 58.1 Å². The maximum absolute atomic E-state index is 6.40. The standard InChI is InChI=1S/C19H19Cl2NO/c20-13-7-8-16(15(21)11-13)22-17-12-19(9-3-4-10-19)23-18-6-2-1-5-14(17)18/h1-2,5-8,11,17,22H,3-4,9-10,12H2. The van der Waals surface area contributed by atoms with Crippen molar-refractivity contribution < 1.29 is 4.74 Å². The highest BCUT2D eigenvalue weighted by molar-refractivity contribution is 6.36. The molecule has 1 fully saturated rings. The van der Waals surface area contributed by atoms with Gasteiger partial charge in [0.1, 0.15) is 11.4 Å². The van der Waals surface area contributed by atoms with Gasteiger partial charge >= 0.3 is 0 Å². The molecule has 2 aromatic rings. The van der Waals surface area contributed by atoms with Gasteiger partial charge in [-0.3, -0.25) is 0 Å². The van der Waals surface area contributed by atoms with Crippen LogP contribution in [0.2, 0.25) is 10.0 Å².